The van der Waals surface area contributed by atoms with E-state index in [1.807, 2.05) is 13.0 Å². The van der Waals surface area contributed by atoms with Crippen LogP contribution in [-0.2, 0) is 26.9 Å². The molecule has 0 atom stereocenters. The van der Waals surface area contributed by atoms with Gasteiger partial charge in [-0.1, -0.05) is 41.9 Å². The van der Waals surface area contributed by atoms with Crippen LogP contribution in [0.2, 0.25) is 5.02 Å². The number of fused-ring (bicyclic) bond motifs is 1. The zero-order chi connectivity index (χ0) is 24.5. The Balaban J connectivity index is 1.67. The van der Waals surface area contributed by atoms with Crippen LogP contribution >= 0.6 is 11.6 Å². The van der Waals surface area contributed by atoms with Crippen LogP contribution in [0.25, 0.3) is 10.9 Å². The van der Waals surface area contributed by atoms with Gasteiger partial charge in [-0.25, -0.2) is 12.8 Å². The van der Waals surface area contributed by atoms with Gasteiger partial charge in [0.05, 0.1) is 23.4 Å². The summed E-state index contributed by atoms with van der Waals surface area (Å²) in [5.41, 5.74) is 1.94. The first kappa shape index (κ1) is 23.8. The number of para-hydroxylation sites is 1. The molecule has 0 radical (unpaired) electrons. The van der Waals surface area contributed by atoms with E-state index in [4.69, 9.17) is 16.3 Å². The fourth-order valence-electron chi connectivity index (χ4n) is 3.79. The summed E-state index contributed by atoms with van der Waals surface area (Å²) in [5, 5.41) is 3.30. The molecule has 0 unspecified atom stereocenters. The molecule has 176 valence electrons. The van der Waals surface area contributed by atoms with E-state index >= 15 is 0 Å². The number of carbonyl (C=O) groups is 1. The normalized spacial score (nSPS) is 11.5. The number of benzene rings is 3. The lowest BCUT2D eigenvalue weighted by molar-refractivity contribution is -0.116. The SMILES string of the molecule is COc1ccc(C)cc1NC(=O)Cn1cc(S(=O)(=O)Cc2c(F)cccc2Cl)c2ccccc21. The second-order valence-corrected chi connectivity index (χ2v) is 10.2. The number of aromatic nitrogens is 1. The molecule has 6 nitrogen and oxygen atoms in total. The van der Waals surface area contributed by atoms with Crippen LogP contribution in [0.4, 0.5) is 10.1 Å². The van der Waals surface area contributed by atoms with E-state index in [1.54, 1.807) is 41.0 Å². The monoisotopic (exact) mass is 500 g/mol. The Kier molecular flexibility index (Phi) is 6.63. The van der Waals surface area contributed by atoms with E-state index < -0.39 is 21.4 Å². The third kappa shape index (κ3) is 4.78. The number of anilines is 1. The molecule has 1 N–H and O–H groups in total. The third-order valence-electron chi connectivity index (χ3n) is 5.43. The number of methoxy groups -OCH3 is 1. The number of carbonyl (C=O) groups excluding carboxylic acids is 1. The molecule has 0 saturated carbocycles. The smallest absolute Gasteiger partial charge is 0.244 e. The van der Waals surface area contributed by atoms with E-state index in [-0.39, 0.29) is 27.9 Å². The quantitative estimate of drug-likeness (QED) is 0.370. The summed E-state index contributed by atoms with van der Waals surface area (Å²) in [4.78, 5) is 12.8. The van der Waals surface area contributed by atoms with Crippen LogP contribution in [0.3, 0.4) is 0 Å². The highest BCUT2D eigenvalue weighted by molar-refractivity contribution is 7.90. The van der Waals surface area contributed by atoms with Gasteiger partial charge in [0.2, 0.25) is 5.91 Å². The number of nitrogens with zero attached hydrogens (tertiary/aromatic N) is 1. The van der Waals surface area contributed by atoms with Gasteiger partial charge in [-0.3, -0.25) is 4.79 Å². The number of halogens is 2. The zero-order valence-electron chi connectivity index (χ0n) is 18.5. The molecule has 4 aromatic rings. The number of hydrogen-bond donors (Lipinski definition) is 1. The van der Waals surface area contributed by atoms with Crippen molar-refractivity contribution < 1.29 is 22.3 Å². The van der Waals surface area contributed by atoms with Crippen molar-refractivity contribution in [1.29, 1.82) is 0 Å². The minimum atomic E-state index is -3.97. The maximum Gasteiger partial charge on any atom is 0.244 e. The predicted octanol–water partition coefficient (Wildman–Crippen LogP) is 5.36. The number of aryl methyl sites for hydroxylation is 1. The zero-order valence-corrected chi connectivity index (χ0v) is 20.1. The highest BCUT2D eigenvalue weighted by atomic mass is 35.5. The third-order valence-corrected chi connectivity index (χ3v) is 7.44. The highest BCUT2D eigenvalue weighted by Crippen LogP contribution is 2.31. The van der Waals surface area contributed by atoms with Gasteiger partial charge in [0, 0.05) is 27.7 Å². The number of rotatable bonds is 7. The first-order valence-corrected chi connectivity index (χ1v) is 12.4. The highest BCUT2D eigenvalue weighted by Gasteiger charge is 2.25. The van der Waals surface area contributed by atoms with E-state index in [0.717, 1.165) is 5.56 Å². The largest absolute Gasteiger partial charge is 0.495 e. The van der Waals surface area contributed by atoms with Gasteiger partial charge < -0.3 is 14.6 Å². The predicted molar refractivity (Wildman–Crippen MR) is 131 cm³/mol. The Morgan fingerprint density at radius 2 is 1.88 bits per heavy atom. The number of nitrogens with one attached hydrogen (secondary N) is 1. The van der Waals surface area contributed by atoms with Crippen molar-refractivity contribution in [2.24, 2.45) is 0 Å². The molecule has 0 fully saturated rings. The first-order valence-electron chi connectivity index (χ1n) is 10.4. The van der Waals surface area contributed by atoms with Crippen molar-refractivity contribution in [1.82, 2.24) is 4.57 Å². The minimum absolute atomic E-state index is 0.00311. The van der Waals surface area contributed by atoms with Crippen LogP contribution in [0.5, 0.6) is 5.75 Å². The fraction of sp³-hybridized carbons (Fsp3) is 0.160. The molecular weight excluding hydrogens is 479 g/mol. The molecule has 0 bridgehead atoms. The van der Waals surface area contributed by atoms with Crippen molar-refractivity contribution in [2.45, 2.75) is 24.1 Å². The van der Waals surface area contributed by atoms with Crippen molar-refractivity contribution in [2.75, 3.05) is 12.4 Å². The van der Waals surface area contributed by atoms with Gasteiger partial charge >= 0.3 is 0 Å². The standard InChI is InChI=1S/C25H22ClFN2O4S/c1-16-10-11-23(33-2)21(12-16)28-25(30)14-29-13-24(17-6-3-4-9-22(17)29)34(31,32)15-18-19(26)7-5-8-20(18)27/h3-13H,14-15H2,1-2H3,(H,28,30). The Bertz CT molecular complexity index is 1480. The second kappa shape index (κ2) is 9.48. The topological polar surface area (TPSA) is 77.4 Å². The fourth-order valence-corrected chi connectivity index (χ4v) is 5.73. The van der Waals surface area contributed by atoms with E-state index in [2.05, 4.69) is 5.32 Å². The summed E-state index contributed by atoms with van der Waals surface area (Å²) >= 11 is 6.06. The van der Waals surface area contributed by atoms with Gasteiger partial charge in [0.1, 0.15) is 18.1 Å². The first-order chi connectivity index (χ1) is 16.2. The van der Waals surface area contributed by atoms with Crippen LogP contribution in [0, 0.1) is 12.7 Å². The lowest BCUT2D eigenvalue weighted by Gasteiger charge is -2.12. The van der Waals surface area contributed by atoms with E-state index in [0.29, 0.717) is 22.3 Å². The van der Waals surface area contributed by atoms with Crippen LogP contribution in [-0.4, -0.2) is 26.0 Å². The summed E-state index contributed by atoms with van der Waals surface area (Å²) in [5.74, 6) is -1.13. The molecule has 0 aliphatic heterocycles. The minimum Gasteiger partial charge on any atom is -0.495 e. The number of amides is 1. The molecule has 3 aromatic carbocycles. The molecule has 1 aromatic heterocycles. The van der Waals surface area contributed by atoms with Crippen molar-refractivity contribution in [3.05, 3.63) is 88.8 Å². The van der Waals surface area contributed by atoms with Crippen LogP contribution < -0.4 is 10.1 Å². The summed E-state index contributed by atoms with van der Waals surface area (Å²) < 4.78 is 47.7. The molecule has 4 rings (SSSR count). The second-order valence-electron chi connectivity index (χ2n) is 7.85. The average molecular weight is 501 g/mol. The maximum atomic E-state index is 14.3. The molecule has 34 heavy (non-hydrogen) atoms. The molecule has 0 aliphatic rings. The summed E-state index contributed by atoms with van der Waals surface area (Å²) in [6.45, 7) is 1.76. The van der Waals surface area contributed by atoms with Gasteiger partial charge in [0.25, 0.3) is 0 Å². The Morgan fingerprint density at radius 3 is 2.62 bits per heavy atom. The maximum absolute atomic E-state index is 14.3. The van der Waals surface area contributed by atoms with E-state index in [9.17, 15) is 17.6 Å². The molecule has 0 aliphatic carbocycles. The average Bonchev–Trinajstić information content (AvgIpc) is 3.16. The number of sulfone groups is 1. The lowest BCUT2D eigenvalue weighted by Crippen LogP contribution is -2.18. The Morgan fingerprint density at radius 1 is 1.12 bits per heavy atom. The summed E-state index contributed by atoms with van der Waals surface area (Å²) in [7, 11) is -2.46. The summed E-state index contributed by atoms with van der Waals surface area (Å²) in [6.07, 6.45) is 1.40. The van der Waals surface area contributed by atoms with E-state index in [1.165, 1.54) is 31.5 Å². The van der Waals surface area contributed by atoms with Crippen LogP contribution in [0.1, 0.15) is 11.1 Å². The van der Waals surface area contributed by atoms with Gasteiger partial charge in [0.15, 0.2) is 9.84 Å². The molecule has 1 amide bonds. The van der Waals surface area contributed by atoms with Gasteiger partial charge in [-0.05, 0) is 42.8 Å². The van der Waals surface area contributed by atoms with Gasteiger partial charge in [-0.15, -0.1) is 0 Å². The van der Waals surface area contributed by atoms with Crippen LogP contribution in [0.15, 0.2) is 71.8 Å². The number of hydrogen-bond acceptors (Lipinski definition) is 4. The molecule has 1 heterocycles. The lowest BCUT2D eigenvalue weighted by atomic mass is 10.2. The Hall–Kier alpha value is -3.36. The van der Waals surface area contributed by atoms with Gasteiger partial charge in [-0.2, -0.15) is 0 Å². The van der Waals surface area contributed by atoms with Crippen molar-refractivity contribution in [3.8, 4) is 5.75 Å². The Labute approximate surface area is 201 Å². The summed E-state index contributed by atoms with van der Waals surface area (Å²) in [6, 6.07) is 16.3. The molecule has 0 spiro atoms. The van der Waals surface area contributed by atoms with Crippen molar-refractivity contribution in [3.63, 3.8) is 0 Å². The molecule has 0 saturated heterocycles. The molecule has 9 heteroatoms. The molecular formula is C25H22ClFN2O4S. The number of ether oxygens (including phenoxy) is 1. The van der Waals surface area contributed by atoms with Crippen molar-refractivity contribution >= 4 is 43.9 Å².